The Labute approximate surface area is 282 Å². The predicted molar refractivity (Wildman–Crippen MR) is 196 cm³/mol. The molecule has 2 aliphatic rings. The van der Waals surface area contributed by atoms with E-state index < -0.39 is 0 Å². The second-order valence-corrected chi connectivity index (χ2v) is 13.1. The maximum absolute atomic E-state index is 5.01. The lowest BCUT2D eigenvalue weighted by Crippen LogP contribution is -2.28. The summed E-state index contributed by atoms with van der Waals surface area (Å²) >= 11 is 0. The first-order valence-corrected chi connectivity index (χ1v) is 17.1. The van der Waals surface area contributed by atoms with Gasteiger partial charge >= 0.3 is 0 Å². The van der Waals surface area contributed by atoms with Gasteiger partial charge in [0, 0.05) is 22.1 Å². The van der Waals surface area contributed by atoms with Crippen molar-refractivity contribution >= 4 is 0 Å². The van der Waals surface area contributed by atoms with Gasteiger partial charge in [0.05, 0.1) is 0 Å². The monoisotopic (exact) mass is 617 g/mol. The molecular weight excluding hydrogens is 583 g/mol. The number of aromatic nitrogens is 3. The zero-order valence-corrected chi connectivity index (χ0v) is 26.8. The summed E-state index contributed by atoms with van der Waals surface area (Å²) in [6, 6.07) is 54.0. The van der Waals surface area contributed by atoms with Crippen molar-refractivity contribution in [2.75, 3.05) is 0 Å². The van der Waals surface area contributed by atoms with Gasteiger partial charge < -0.3 is 0 Å². The third-order valence-electron chi connectivity index (χ3n) is 10.4. The molecule has 1 aromatic heterocycles. The summed E-state index contributed by atoms with van der Waals surface area (Å²) in [7, 11) is 0. The second kappa shape index (κ2) is 11.8. The molecule has 1 saturated carbocycles. The van der Waals surface area contributed by atoms with Crippen LogP contribution in [0.3, 0.4) is 0 Å². The van der Waals surface area contributed by atoms with Crippen molar-refractivity contribution in [2.24, 2.45) is 0 Å². The molecule has 0 N–H and O–H groups in total. The van der Waals surface area contributed by atoms with Gasteiger partial charge in [0.1, 0.15) is 0 Å². The van der Waals surface area contributed by atoms with E-state index in [1.54, 1.807) is 0 Å². The van der Waals surface area contributed by atoms with Crippen molar-refractivity contribution < 1.29 is 0 Å². The third-order valence-corrected chi connectivity index (χ3v) is 10.4. The molecule has 48 heavy (non-hydrogen) atoms. The fourth-order valence-corrected chi connectivity index (χ4v) is 7.93. The molecule has 3 nitrogen and oxygen atoms in total. The summed E-state index contributed by atoms with van der Waals surface area (Å²) in [6.45, 7) is 0. The zero-order chi connectivity index (χ0) is 31.9. The third kappa shape index (κ3) is 4.94. The van der Waals surface area contributed by atoms with Crippen LogP contribution in [-0.4, -0.2) is 15.0 Å². The number of benzene rings is 6. The lowest BCUT2D eigenvalue weighted by Gasteiger charge is -2.36. The molecule has 1 spiro atoms. The molecular formula is C45H35N3. The molecule has 230 valence electrons. The summed E-state index contributed by atoms with van der Waals surface area (Å²) in [5.41, 5.74) is 13.7. The topological polar surface area (TPSA) is 38.7 Å². The van der Waals surface area contributed by atoms with Gasteiger partial charge in [-0.25, -0.2) is 15.0 Å². The number of fused-ring (bicyclic) bond motifs is 5. The first-order valence-electron chi connectivity index (χ1n) is 17.1. The molecule has 0 amide bonds. The van der Waals surface area contributed by atoms with Gasteiger partial charge in [0.25, 0.3) is 0 Å². The Kier molecular flexibility index (Phi) is 7.04. The smallest absolute Gasteiger partial charge is 0.164 e. The van der Waals surface area contributed by atoms with E-state index in [9.17, 15) is 0 Å². The van der Waals surface area contributed by atoms with E-state index in [-0.39, 0.29) is 5.41 Å². The molecule has 9 rings (SSSR count). The Bertz CT molecular complexity index is 2230. The predicted octanol–water partition coefficient (Wildman–Crippen LogP) is 11.4. The van der Waals surface area contributed by atoms with E-state index in [1.807, 2.05) is 24.3 Å². The number of nitrogens with zero attached hydrogens (tertiary/aromatic N) is 3. The number of hydrogen-bond donors (Lipinski definition) is 0. The maximum Gasteiger partial charge on any atom is 0.164 e. The van der Waals surface area contributed by atoms with Gasteiger partial charge in [-0.3, -0.25) is 0 Å². The molecule has 3 heteroatoms. The number of hydrogen-bond acceptors (Lipinski definition) is 3. The summed E-state index contributed by atoms with van der Waals surface area (Å²) < 4.78 is 0. The zero-order valence-electron chi connectivity index (χ0n) is 26.8. The largest absolute Gasteiger partial charge is 0.208 e. The van der Waals surface area contributed by atoms with Gasteiger partial charge in [-0.05, 0) is 63.4 Å². The Morgan fingerprint density at radius 3 is 1.35 bits per heavy atom. The Morgan fingerprint density at radius 2 is 0.750 bits per heavy atom. The first kappa shape index (κ1) is 28.5. The minimum Gasteiger partial charge on any atom is -0.208 e. The van der Waals surface area contributed by atoms with Crippen molar-refractivity contribution in [1.82, 2.24) is 15.0 Å². The van der Waals surface area contributed by atoms with Crippen molar-refractivity contribution in [3.8, 4) is 67.5 Å². The van der Waals surface area contributed by atoms with Gasteiger partial charge in [-0.15, -0.1) is 0 Å². The Balaban J connectivity index is 1.08. The Hall–Kier alpha value is -5.67. The van der Waals surface area contributed by atoms with Crippen molar-refractivity contribution in [3.05, 3.63) is 163 Å². The van der Waals surface area contributed by atoms with E-state index >= 15 is 0 Å². The van der Waals surface area contributed by atoms with Gasteiger partial charge in [-0.1, -0.05) is 165 Å². The molecule has 7 aromatic rings. The second-order valence-electron chi connectivity index (χ2n) is 13.1. The minimum atomic E-state index is 0.147. The van der Waals surface area contributed by atoms with Crippen LogP contribution in [0.1, 0.15) is 43.2 Å². The van der Waals surface area contributed by atoms with Crippen molar-refractivity contribution in [1.29, 1.82) is 0 Å². The quantitative estimate of drug-likeness (QED) is 0.193. The van der Waals surface area contributed by atoms with E-state index in [2.05, 4.69) is 127 Å². The van der Waals surface area contributed by atoms with Crippen LogP contribution in [0.2, 0.25) is 0 Å². The van der Waals surface area contributed by atoms with E-state index in [0.717, 1.165) is 22.3 Å². The normalized spacial score (nSPS) is 14.4. The summed E-state index contributed by atoms with van der Waals surface area (Å²) in [6.07, 6.45) is 6.40. The molecule has 1 heterocycles. The van der Waals surface area contributed by atoms with Gasteiger partial charge in [0.2, 0.25) is 0 Å². The molecule has 0 saturated heterocycles. The van der Waals surface area contributed by atoms with Crippen molar-refractivity contribution in [2.45, 2.75) is 37.5 Å². The molecule has 0 aliphatic heterocycles. The fourth-order valence-electron chi connectivity index (χ4n) is 7.93. The average molecular weight is 618 g/mol. The van der Waals surface area contributed by atoms with Crippen LogP contribution in [0, 0.1) is 0 Å². The minimum absolute atomic E-state index is 0.147. The van der Waals surface area contributed by atoms with E-state index in [4.69, 9.17) is 15.0 Å². The average Bonchev–Trinajstić information content (AvgIpc) is 3.43. The molecule has 0 bridgehead atoms. The van der Waals surface area contributed by atoms with E-state index in [1.165, 1.54) is 71.0 Å². The van der Waals surface area contributed by atoms with Crippen LogP contribution >= 0.6 is 0 Å². The van der Waals surface area contributed by atoms with Crippen LogP contribution in [0.15, 0.2) is 152 Å². The molecule has 0 atom stereocenters. The summed E-state index contributed by atoms with van der Waals surface area (Å²) in [5, 5.41) is 0. The molecule has 0 radical (unpaired) electrons. The van der Waals surface area contributed by atoms with Crippen molar-refractivity contribution in [3.63, 3.8) is 0 Å². The van der Waals surface area contributed by atoms with Gasteiger partial charge in [0.15, 0.2) is 17.5 Å². The molecule has 2 aliphatic carbocycles. The van der Waals surface area contributed by atoms with Gasteiger partial charge in [-0.2, -0.15) is 0 Å². The highest BCUT2D eigenvalue weighted by molar-refractivity contribution is 5.84. The highest BCUT2D eigenvalue weighted by Gasteiger charge is 2.43. The first-order chi connectivity index (χ1) is 23.7. The maximum atomic E-state index is 5.01. The molecule has 0 unspecified atom stereocenters. The van der Waals surface area contributed by atoms with Crippen LogP contribution < -0.4 is 0 Å². The van der Waals surface area contributed by atoms with E-state index in [0.29, 0.717) is 17.5 Å². The number of rotatable bonds is 5. The molecule has 6 aromatic carbocycles. The lowest BCUT2D eigenvalue weighted by atomic mass is 9.67. The summed E-state index contributed by atoms with van der Waals surface area (Å²) in [4.78, 5) is 14.9. The summed E-state index contributed by atoms with van der Waals surface area (Å²) in [5.74, 6) is 2.00. The van der Waals surface area contributed by atoms with Crippen LogP contribution in [0.25, 0.3) is 67.5 Å². The fraction of sp³-hybridized carbons (Fsp3) is 0.133. The highest BCUT2D eigenvalue weighted by Crippen LogP contribution is 2.56. The molecule has 1 fully saturated rings. The van der Waals surface area contributed by atoms with Crippen LogP contribution in [0.4, 0.5) is 0 Å². The highest BCUT2D eigenvalue weighted by atomic mass is 15.0. The van der Waals surface area contributed by atoms with Crippen LogP contribution in [-0.2, 0) is 5.41 Å². The standard InChI is InChI=1S/C45H35N3/c1-4-12-31(13-5-1)32-18-22-35(23-19-32)43-46-42(34-14-6-2-7-15-34)47-44(48-43)36-24-20-33(21-25-36)37-26-27-39-38-16-8-9-17-40(38)45(41(39)30-37)28-10-3-11-29-45/h1-2,4-9,12-27,30H,3,10-11,28-29H2. The Morgan fingerprint density at radius 1 is 0.333 bits per heavy atom. The van der Waals surface area contributed by atoms with Crippen LogP contribution in [0.5, 0.6) is 0 Å². The SMILES string of the molecule is c1ccc(-c2ccc(-c3nc(-c4ccccc4)nc(-c4ccc(-c5ccc6c(c5)C5(CCCCC5)c5ccccc5-6)cc4)n3)cc2)cc1. The lowest BCUT2D eigenvalue weighted by molar-refractivity contribution is 0.353.